The molecule has 106 valence electrons. The van der Waals surface area contributed by atoms with Crippen LogP contribution < -0.4 is 10.1 Å². The zero-order chi connectivity index (χ0) is 14.5. The molecular formula is C14H13ClFNO2S. The Labute approximate surface area is 125 Å². The van der Waals surface area contributed by atoms with E-state index in [2.05, 4.69) is 5.32 Å². The van der Waals surface area contributed by atoms with Gasteiger partial charge in [-0.05, 0) is 36.6 Å². The van der Waals surface area contributed by atoms with Crippen molar-refractivity contribution in [1.82, 2.24) is 5.32 Å². The molecule has 2 rings (SSSR count). The van der Waals surface area contributed by atoms with Gasteiger partial charge in [-0.3, -0.25) is 4.79 Å². The average molecular weight is 314 g/mol. The van der Waals surface area contributed by atoms with Crippen LogP contribution in [0.3, 0.4) is 0 Å². The van der Waals surface area contributed by atoms with E-state index in [1.54, 1.807) is 11.3 Å². The first-order valence-corrected chi connectivity index (χ1v) is 7.22. The van der Waals surface area contributed by atoms with Crippen LogP contribution >= 0.6 is 22.9 Å². The molecule has 1 heterocycles. The molecule has 1 aromatic carbocycles. The highest BCUT2D eigenvalue weighted by Gasteiger charge is 2.11. The molecule has 0 aliphatic carbocycles. The van der Waals surface area contributed by atoms with E-state index in [0.717, 1.165) is 10.9 Å². The average Bonchev–Trinajstić information content (AvgIpc) is 2.91. The quantitative estimate of drug-likeness (QED) is 0.912. The van der Waals surface area contributed by atoms with Gasteiger partial charge in [-0.2, -0.15) is 0 Å². The Morgan fingerprint density at radius 3 is 2.95 bits per heavy atom. The molecular weight excluding hydrogens is 301 g/mol. The van der Waals surface area contributed by atoms with Gasteiger partial charge < -0.3 is 10.1 Å². The maximum Gasteiger partial charge on any atom is 0.258 e. The molecule has 1 amide bonds. The number of carbonyl (C=O) groups excluding carboxylic acids is 1. The van der Waals surface area contributed by atoms with Crippen LogP contribution in [0.2, 0.25) is 5.02 Å². The molecule has 0 radical (unpaired) electrons. The van der Waals surface area contributed by atoms with Crippen LogP contribution in [0.5, 0.6) is 5.75 Å². The second-order valence-electron chi connectivity index (χ2n) is 4.17. The molecule has 0 unspecified atom stereocenters. The van der Waals surface area contributed by atoms with E-state index >= 15 is 0 Å². The number of halogens is 2. The lowest BCUT2D eigenvalue weighted by Gasteiger charge is -2.13. The summed E-state index contributed by atoms with van der Waals surface area (Å²) in [5.41, 5.74) is 0. The van der Waals surface area contributed by atoms with Crippen molar-refractivity contribution in [3.8, 4) is 5.75 Å². The van der Waals surface area contributed by atoms with Gasteiger partial charge in [-0.25, -0.2) is 4.39 Å². The SMILES string of the molecule is C[C@@H](NC(=O)COc1ccc(F)cc1Cl)c1cccs1. The van der Waals surface area contributed by atoms with Gasteiger partial charge in [0.15, 0.2) is 6.61 Å². The second kappa shape index (κ2) is 6.72. The normalized spacial score (nSPS) is 11.9. The number of amides is 1. The molecule has 0 aliphatic heterocycles. The monoisotopic (exact) mass is 313 g/mol. The molecule has 1 N–H and O–H groups in total. The summed E-state index contributed by atoms with van der Waals surface area (Å²) < 4.78 is 18.1. The molecule has 2 aromatic rings. The minimum absolute atomic E-state index is 0.0743. The summed E-state index contributed by atoms with van der Waals surface area (Å²) >= 11 is 7.38. The maximum atomic E-state index is 12.9. The molecule has 3 nitrogen and oxygen atoms in total. The van der Waals surface area contributed by atoms with Crippen LogP contribution in [0.25, 0.3) is 0 Å². The number of rotatable bonds is 5. The smallest absolute Gasteiger partial charge is 0.258 e. The van der Waals surface area contributed by atoms with Crippen LogP contribution in [-0.4, -0.2) is 12.5 Å². The summed E-state index contributed by atoms with van der Waals surface area (Å²) in [7, 11) is 0. The van der Waals surface area contributed by atoms with Crippen molar-refractivity contribution in [3.63, 3.8) is 0 Å². The Morgan fingerprint density at radius 1 is 1.50 bits per heavy atom. The van der Waals surface area contributed by atoms with Crippen LogP contribution in [0.4, 0.5) is 4.39 Å². The van der Waals surface area contributed by atoms with Crippen molar-refractivity contribution in [1.29, 1.82) is 0 Å². The first kappa shape index (κ1) is 14.8. The van der Waals surface area contributed by atoms with E-state index < -0.39 is 5.82 Å². The van der Waals surface area contributed by atoms with Crippen molar-refractivity contribution >= 4 is 28.8 Å². The third-order valence-corrected chi connectivity index (χ3v) is 3.95. The zero-order valence-electron chi connectivity index (χ0n) is 10.7. The standard InChI is InChI=1S/C14H13ClFNO2S/c1-9(13-3-2-6-20-13)17-14(18)8-19-12-5-4-10(16)7-11(12)15/h2-7,9H,8H2,1H3,(H,17,18)/t9-/m1/s1. The Hall–Kier alpha value is -1.59. The molecule has 1 atom stereocenters. The topological polar surface area (TPSA) is 38.3 Å². The fourth-order valence-electron chi connectivity index (χ4n) is 1.63. The molecule has 0 bridgehead atoms. The largest absolute Gasteiger partial charge is 0.482 e. The summed E-state index contributed by atoms with van der Waals surface area (Å²) in [6, 6.07) is 7.57. The summed E-state index contributed by atoms with van der Waals surface area (Å²) in [5.74, 6) is -0.420. The number of nitrogens with one attached hydrogen (secondary N) is 1. The lowest BCUT2D eigenvalue weighted by Crippen LogP contribution is -2.30. The number of ether oxygens (including phenoxy) is 1. The molecule has 20 heavy (non-hydrogen) atoms. The molecule has 0 saturated heterocycles. The van der Waals surface area contributed by atoms with Crippen LogP contribution in [-0.2, 0) is 4.79 Å². The van der Waals surface area contributed by atoms with Gasteiger partial charge in [0.2, 0.25) is 0 Å². The van der Waals surface area contributed by atoms with Gasteiger partial charge >= 0.3 is 0 Å². The number of carbonyl (C=O) groups is 1. The number of hydrogen-bond donors (Lipinski definition) is 1. The second-order valence-corrected chi connectivity index (χ2v) is 5.55. The van der Waals surface area contributed by atoms with Gasteiger partial charge in [0.25, 0.3) is 5.91 Å². The lowest BCUT2D eigenvalue weighted by molar-refractivity contribution is -0.123. The van der Waals surface area contributed by atoms with E-state index in [4.69, 9.17) is 16.3 Å². The Morgan fingerprint density at radius 2 is 2.30 bits per heavy atom. The molecule has 0 fully saturated rings. The zero-order valence-corrected chi connectivity index (χ0v) is 12.3. The van der Waals surface area contributed by atoms with Gasteiger partial charge in [-0.1, -0.05) is 17.7 Å². The molecule has 0 aliphatic rings. The fourth-order valence-corrected chi connectivity index (χ4v) is 2.58. The molecule has 6 heteroatoms. The van der Waals surface area contributed by atoms with E-state index in [9.17, 15) is 9.18 Å². The molecule has 0 spiro atoms. The van der Waals surface area contributed by atoms with E-state index in [1.165, 1.54) is 12.1 Å². The highest BCUT2D eigenvalue weighted by molar-refractivity contribution is 7.10. The minimum Gasteiger partial charge on any atom is -0.482 e. The van der Waals surface area contributed by atoms with E-state index in [0.29, 0.717) is 0 Å². The van der Waals surface area contributed by atoms with Crippen LogP contribution in [0, 0.1) is 5.82 Å². The Bertz CT molecular complexity index is 589. The third kappa shape index (κ3) is 3.95. The summed E-state index contributed by atoms with van der Waals surface area (Å²) in [4.78, 5) is 12.8. The number of thiophene rings is 1. The highest BCUT2D eigenvalue weighted by Crippen LogP contribution is 2.24. The minimum atomic E-state index is -0.446. The molecule has 0 saturated carbocycles. The fraction of sp³-hybridized carbons (Fsp3) is 0.214. The summed E-state index contributed by atoms with van der Waals surface area (Å²) in [6.07, 6.45) is 0. The van der Waals surface area contributed by atoms with Crippen molar-refractivity contribution in [2.45, 2.75) is 13.0 Å². The van der Waals surface area contributed by atoms with E-state index in [-0.39, 0.29) is 29.3 Å². The van der Waals surface area contributed by atoms with Crippen LogP contribution in [0.15, 0.2) is 35.7 Å². The first-order chi connectivity index (χ1) is 9.56. The first-order valence-electron chi connectivity index (χ1n) is 5.97. The van der Waals surface area contributed by atoms with Gasteiger partial charge in [0.05, 0.1) is 11.1 Å². The van der Waals surface area contributed by atoms with Crippen molar-refractivity contribution in [2.24, 2.45) is 0 Å². The van der Waals surface area contributed by atoms with Crippen LogP contribution in [0.1, 0.15) is 17.8 Å². The van der Waals surface area contributed by atoms with Gasteiger partial charge in [0.1, 0.15) is 11.6 Å². The molecule has 1 aromatic heterocycles. The van der Waals surface area contributed by atoms with Crippen molar-refractivity contribution in [2.75, 3.05) is 6.61 Å². The van der Waals surface area contributed by atoms with Crippen molar-refractivity contribution < 1.29 is 13.9 Å². The number of benzene rings is 1. The Balaban J connectivity index is 1.86. The highest BCUT2D eigenvalue weighted by atomic mass is 35.5. The van der Waals surface area contributed by atoms with Crippen molar-refractivity contribution in [3.05, 3.63) is 51.4 Å². The Kier molecular flexibility index (Phi) is 4.98. The summed E-state index contributed by atoms with van der Waals surface area (Å²) in [5, 5.41) is 4.91. The maximum absolute atomic E-state index is 12.9. The predicted molar refractivity (Wildman–Crippen MR) is 77.8 cm³/mol. The predicted octanol–water partition coefficient (Wildman–Crippen LogP) is 3.80. The lowest BCUT2D eigenvalue weighted by atomic mass is 10.3. The van der Waals surface area contributed by atoms with E-state index in [1.807, 2.05) is 24.4 Å². The van der Waals surface area contributed by atoms with Gasteiger partial charge in [0, 0.05) is 4.88 Å². The number of hydrogen-bond acceptors (Lipinski definition) is 3. The summed E-state index contributed by atoms with van der Waals surface area (Å²) in [6.45, 7) is 1.73. The van der Waals surface area contributed by atoms with Gasteiger partial charge in [-0.15, -0.1) is 11.3 Å². The third-order valence-electron chi connectivity index (χ3n) is 2.60.